The second-order valence-corrected chi connectivity index (χ2v) is 10.4. The summed E-state index contributed by atoms with van der Waals surface area (Å²) >= 11 is 0. The van der Waals surface area contributed by atoms with E-state index in [0.29, 0.717) is 54.9 Å². The molecule has 43 heavy (non-hydrogen) atoms. The van der Waals surface area contributed by atoms with Gasteiger partial charge in [0.25, 0.3) is 0 Å². The lowest BCUT2D eigenvalue weighted by Crippen LogP contribution is -2.37. The lowest BCUT2D eigenvalue weighted by atomic mass is 9.94. The van der Waals surface area contributed by atoms with Crippen LogP contribution < -0.4 is 0 Å². The molecule has 0 N–H and O–H groups in total. The molecule has 0 saturated carbocycles. The predicted octanol–water partition coefficient (Wildman–Crippen LogP) is 5.02. The van der Waals surface area contributed by atoms with Gasteiger partial charge in [-0.1, -0.05) is 36.9 Å². The van der Waals surface area contributed by atoms with E-state index in [1.165, 1.54) is 0 Å². The van der Waals surface area contributed by atoms with E-state index in [1.807, 2.05) is 64.9 Å². The van der Waals surface area contributed by atoms with Gasteiger partial charge < -0.3 is 23.5 Å². The normalized spacial score (nSPS) is 17.4. The van der Waals surface area contributed by atoms with Crippen molar-refractivity contribution in [2.75, 3.05) is 26.8 Å². The first-order chi connectivity index (χ1) is 20.9. The summed E-state index contributed by atoms with van der Waals surface area (Å²) in [6.07, 6.45) is 11.2. The first kappa shape index (κ1) is 31.4. The molecule has 4 bridgehead atoms. The molecule has 1 aliphatic heterocycles. The van der Waals surface area contributed by atoms with Gasteiger partial charge in [0.15, 0.2) is 12.6 Å². The van der Waals surface area contributed by atoms with Crippen molar-refractivity contribution in [1.29, 1.82) is 0 Å². The van der Waals surface area contributed by atoms with Crippen molar-refractivity contribution in [1.82, 2.24) is 14.0 Å². The molecule has 9 nitrogen and oxygen atoms in total. The van der Waals surface area contributed by atoms with Crippen molar-refractivity contribution in [2.45, 2.75) is 52.3 Å². The number of hydrogen-bond acceptors (Lipinski definition) is 6. The molecule has 0 radical (unpaired) electrons. The van der Waals surface area contributed by atoms with Crippen LogP contribution in [0.25, 0.3) is 34.2 Å². The Morgan fingerprint density at radius 2 is 1.79 bits per heavy atom. The summed E-state index contributed by atoms with van der Waals surface area (Å²) in [4.78, 5) is 51.5. The van der Waals surface area contributed by atoms with E-state index in [9.17, 15) is 19.2 Å². The van der Waals surface area contributed by atoms with E-state index in [2.05, 4.69) is 6.58 Å². The highest BCUT2D eigenvalue weighted by molar-refractivity contribution is 6.32. The van der Waals surface area contributed by atoms with Gasteiger partial charge in [0, 0.05) is 89.9 Å². The maximum atomic E-state index is 12.8. The highest BCUT2D eigenvalue weighted by Crippen LogP contribution is 2.35. The maximum absolute atomic E-state index is 12.8. The summed E-state index contributed by atoms with van der Waals surface area (Å²) in [5, 5.41) is 0.857. The number of para-hydroxylation sites is 1. The fourth-order valence-corrected chi connectivity index (χ4v) is 5.60. The number of amides is 1. The van der Waals surface area contributed by atoms with E-state index in [1.54, 1.807) is 24.9 Å². The number of carbonyl (C=O) groups excluding carboxylic acids is 4. The predicted molar refractivity (Wildman–Crippen MR) is 168 cm³/mol. The molecule has 1 amide bonds. The van der Waals surface area contributed by atoms with Gasteiger partial charge in [-0.05, 0) is 32.4 Å². The lowest BCUT2D eigenvalue weighted by molar-refractivity contribution is -0.145. The monoisotopic (exact) mass is 585 g/mol. The number of ether oxygens (including phenoxy) is 2. The Labute approximate surface area is 252 Å². The third-order valence-corrected chi connectivity index (χ3v) is 7.71. The molecule has 0 spiro atoms. The molecule has 9 heteroatoms. The molecule has 0 aliphatic carbocycles. The Balaban J connectivity index is 1.77. The minimum atomic E-state index is -0.392. The van der Waals surface area contributed by atoms with Gasteiger partial charge >= 0.3 is 5.97 Å². The number of benzene rings is 1. The molecule has 4 rings (SSSR count). The molecule has 0 fully saturated rings. The van der Waals surface area contributed by atoms with E-state index in [-0.39, 0.29) is 31.5 Å². The highest BCUT2D eigenvalue weighted by Gasteiger charge is 2.24. The first-order valence-electron chi connectivity index (χ1n) is 14.6. The molecule has 0 saturated heterocycles. The summed E-state index contributed by atoms with van der Waals surface area (Å²) in [7, 11) is 1.71. The van der Waals surface area contributed by atoms with Gasteiger partial charge in [-0.2, -0.15) is 0 Å². The minimum absolute atomic E-state index is 0.0319. The van der Waals surface area contributed by atoms with E-state index < -0.39 is 5.97 Å². The van der Waals surface area contributed by atoms with Crippen molar-refractivity contribution in [3.05, 3.63) is 71.7 Å². The molecule has 226 valence electrons. The number of aromatic nitrogens is 2. The number of aryl methyl sites for hydroxylation is 1. The largest absolute Gasteiger partial charge is 0.466 e. The zero-order valence-corrected chi connectivity index (χ0v) is 25.1. The second kappa shape index (κ2) is 14.6. The van der Waals surface area contributed by atoms with Crippen molar-refractivity contribution in [3.63, 3.8) is 0 Å². The van der Waals surface area contributed by atoms with Crippen molar-refractivity contribution >= 4 is 58.6 Å². The van der Waals surface area contributed by atoms with Gasteiger partial charge in [-0.25, -0.2) is 0 Å². The summed E-state index contributed by atoms with van der Waals surface area (Å²) in [6.45, 7) is 9.69. The molecule has 1 aliphatic rings. The van der Waals surface area contributed by atoms with Gasteiger partial charge in [0.05, 0.1) is 25.7 Å². The topological polar surface area (TPSA) is 99.8 Å². The molecule has 1 unspecified atom stereocenters. The molecule has 1 aromatic carbocycles. The van der Waals surface area contributed by atoms with Crippen LogP contribution in [-0.4, -0.2) is 71.4 Å². The lowest BCUT2D eigenvalue weighted by Gasteiger charge is -2.25. The number of esters is 1. The Morgan fingerprint density at radius 1 is 1.07 bits per heavy atom. The number of rotatable bonds is 10. The Kier molecular flexibility index (Phi) is 10.7. The number of fused-ring (bicyclic) bond motifs is 7. The van der Waals surface area contributed by atoms with Crippen LogP contribution in [0.15, 0.2) is 49.3 Å². The molecular weight excluding hydrogens is 546 g/mol. The third kappa shape index (κ3) is 6.94. The quantitative estimate of drug-likeness (QED) is 0.245. The van der Waals surface area contributed by atoms with Crippen molar-refractivity contribution < 1.29 is 28.7 Å². The average molecular weight is 586 g/mol. The smallest absolute Gasteiger partial charge is 0.306 e. The van der Waals surface area contributed by atoms with Gasteiger partial charge in [-0.15, -0.1) is 0 Å². The van der Waals surface area contributed by atoms with Crippen molar-refractivity contribution in [2.24, 2.45) is 0 Å². The molecule has 3 heterocycles. The highest BCUT2D eigenvalue weighted by atomic mass is 16.5. The number of hydrogen-bond donors (Lipinski definition) is 0. The van der Waals surface area contributed by atoms with E-state index >= 15 is 0 Å². The zero-order valence-electron chi connectivity index (χ0n) is 25.1. The van der Waals surface area contributed by atoms with Crippen LogP contribution in [0.1, 0.15) is 55.5 Å². The number of likely N-dealkylation sites (N-methyl/N-ethyl adjacent to an activating group) is 1. The molecule has 1 atom stereocenters. The third-order valence-electron chi connectivity index (χ3n) is 7.71. The molecule has 2 aromatic heterocycles. The summed E-state index contributed by atoms with van der Waals surface area (Å²) in [6, 6.07) is 7.76. The van der Waals surface area contributed by atoms with Gasteiger partial charge in [0.2, 0.25) is 5.91 Å². The fourth-order valence-electron chi connectivity index (χ4n) is 5.60. The fraction of sp³-hybridized carbons (Fsp3) is 0.353. The molecular formula is C34H39N3O6. The van der Waals surface area contributed by atoms with Crippen LogP contribution in [0.4, 0.5) is 0 Å². The van der Waals surface area contributed by atoms with Gasteiger partial charge in [0.1, 0.15) is 0 Å². The number of allylic oxidation sites excluding steroid dienone is 3. The standard InChI is InChI=1S/C34H39N3O6/c1-5-10-31-25(6-2)27-20-36(31)16-15-24(19-35(4)33(40)13-14-34(41)42-7-3)43-18-17-37-21-28(30(23-39)29(27)22-38)26-11-8-9-12-32(26)37/h5-6,8-12,20-24H,2,7,13-19H2,1,3-4H3/b10-5-,30-29-. The Hall–Kier alpha value is -4.50. The summed E-state index contributed by atoms with van der Waals surface area (Å²) in [5.74, 6) is -0.553. The second-order valence-electron chi connectivity index (χ2n) is 10.4. The van der Waals surface area contributed by atoms with Crippen LogP contribution in [-0.2, 0) is 41.7 Å². The number of aldehydes is 2. The SMILES string of the molecule is C=Cc1c2cn(c1/C=C\C)CCC(CN(C)C(=O)CCC(=O)OCC)OCCn1cc(c3ccccc31)/C(C=O)=C\2C=O. The maximum Gasteiger partial charge on any atom is 0.306 e. The Bertz CT molecular complexity index is 1570. The molecule has 3 aromatic rings. The number of nitrogens with zero attached hydrogens (tertiary/aromatic N) is 3. The van der Waals surface area contributed by atoms with Crippen molar-refractivity contribution in [3.8, 4) is 0 Å². The first-order valence-corrected chi connectivity index (χ1v) is 14.6. The van der Waals surface area contributed by atoms with Crippen LogP contribution >= 0.6 is 0 Å². The summed E-state index contributed by atoms with van der Waals surface area (Å²) in [5.41, 5.74) is 4.43. The van der Waals surface area contributed by atoms with Crippen LogP contribution in [0.2, 0.25) is 0 Å². The van der Waals surface area contributed by atoms with Crippen LogP contribution in [0.3, 0.4) is 0 Å². The van der Waals surface area contributed by atoms with E-state index in [0.717, 1.165) is 34.7 Å². The van der Waals surface area contributed by atoms with Crippen LogP contribution in [0, 0.1) is 0 Å². The Morgan fingerprint density at radius 3 is 2.49 bits per heavy atom. The van der Waals surface area contributed by atoms with Crippen LogP contribution in [0.5, 0.6) is 0 Å². The van der Waals surface area contributed by atoms with E-state index in [4.69, 9.17) is 9.47 Å². The van der Waals surface area contributed by atoms with Gasteiger partial charge in [-0.3, -0.25) is 19.2 Å². The number of carbonyl (C=O) groups is 4. The summed E-state index contributed by atoms with van der Waals surface area (Å²) < 4.78 is 15.4. The minimum Gasteiger partial charge on any atom is -0.466 e. The zero-order chi connectivity index (χ0) is 30.9. The average Bonchev–Trinajstić information content (AvgIpc) is 3.54.